The van der Waals surface area contributed by atoms with E-state index in [9.17, 15) is 24.3 Å². The van der Waals surface area contributed by atoms with E-state index in [-0.39, 0.29) is 30.1 Å². The fourth-order valence-electron chi connectivity index (χ4n) is 6.37. The van der Waals surface area contributed by atoms with Gasteiger partial charge in [0.05, 0.1) is 13.2 Å². The van der Waals surface area contributed by atoms with Crippen LogP contribution in [0.2, 0.25) is 0 Å². The molecule has 10 heteroatoms. The Bertz CT molecular complexity index is 1220. The highest BCUT2D eigenvalue weighted by Gasteiger charge is 2.50. The number of rotatable bonds is 8. The topological polar surface area (TPSA) is 141 Å². The monoisotopic (exact) mass is 510 g/mol. The van der Waals surface area contributed by atoms with Gasteiger partial charge in [0.2, 0.25) is 11.8 Å². The first-order valence-corrected chi connectivity index (χ1v) is 13.0. The van der Waals surface area contributed by atoms with Crippen LogP contribution in [0.25, 0.3) is 10.9 Å². The van der Waals surface area contributed by atoms with Gasteiger partial charge in [-0.05, 0) is 62.6 Å². The molecule has 0 bridgehead atoms. The standard InChI is InChI=1S/C27H34N4O6/c1-14(32)24(33)20(11-15-9-10-28-25(15)34)30-26(35)23-17-6-3-5-16(17)13-31(23)27(36)21-12-18-19(29-21)7-4-8-22(18)37-2/h4,7-8,12,14-17,20,23,29,32H,3,5-6,9-11,13H2,1-2H3,(H,28,34)(H,30,35). The fraction of sp³-hybridized carbons (Fsp3) is 0.556. The second kappa shape index (κ2) is 10.2. The molecule has 2 saturated heterocycles. The number of Topliss-reactive ketones (excluding diaryl/α,β-unsaturated/α-hetero) is 1. The number of aromatic nitrogens is 1. The Morgan fingerprint density at radius 3 is 2.76 bits per heavy atom. The Morgan fingerprint density at radius 1 is 1.24 bits per heavy atom. The number of aromatic amines is 1. The molecule has 2 aliphatic heterocycles. The van der Waals surface area contributed by atoms with Crippen LogP contribution in [0.15, 0.2) is 24.3 Å². The van der Waals surface area contributed by atoms with E-state index in [4.69, 9.17) is 4.74 Å². The molecule has 37 heavy (non-hydrogen) atoms. The number of H-pyrrole nitrogens is 1. The SMILES string of the molecule is COc1cccc2[nH]c(C(=O)N3CC4CCCC4C3C(=O)NC(CC3CCNC3=O)C(=O)C(C)O)cc12. The third-order valence-electron chi connectivity index (χ3n) is 8.25. The second-order valence-corrected chi connectivity index (χ2v) is 10.5. The summed E-state index contributed by atoms with van der Waals surface area (Å²) in [6.07, 6.45) is 2.17. The van der Waals surface area contributed by atoms with Crippen molar-refractivity contribution in [3.8, 4) is 5.75 Å². The van der Waals surface area contributed by atoms with Gasteiger partial charge in [-0.3, -0.25) is 19.2 Å². The fourth-order valence-corrected chi connectivity index (χ4v) is 6.37. The molecule has 198 valence electrons. The average molecular weight is 511 g/mol. The highest BCUT2D eigenvalue weighted by molar-refractivity contribution is 6.02. The predicted molar refractivity (Wildman–Crippen MR) is 135 cm³/mol. The molecule has 3 aliphatic rings. The summed E-state index contributed by atoms with van der Waals surface area (Å²) in [6, 6.07) is 5.55. The molecular weight excluding hydrogens is 476 g/mol. The molecule has 1 saturated carbocycles. The third-order valence-corrected chi connectivity index (χ3v) is 8.25. The Balaban J connectivity index is 1.40. The molecule has 0 spiro atoms. The van der Waals surface area contributed by atoms with Crippen LogP contribution in [0.4, 0.5) is 0 Å². The molecule has 6 atom stereocenters. The van der Waals surface area contributed by atoms with Gasteiger partial charge in [0.1, 0.15) is 23.6 Å². The largest absolute Gasteiger partial charge is 0.496 e. The van der Waals surface area contributed by atoms with E-state index in [1.165, 1.54) is 6.92 Å². The van der Waals surface area contributed by atoms with Crippen LogP contribution in [0.1, 0.15) is 49.5 Å². The average Bonchev–Trinajstić information content (AvgIpc) is 3.66. The lowest BCUT2D eigenvalue weighted by Crippen LogP contribution is -2.54. The first kappa shape index (κ1) is 25.3. The van der Waals surface area contributed by atoms with E-state index in [0.717, 1.165) is 30.2 Å². The number of benzene rings is 1. The maximum atomic E-state index is 13.7. The zero-order valence-corrected chi connectivity index (χ0v) is 21.2. The van der Waals surface area contributed by atoms with Crippen molar-refractivity contribution in [3.63, 3.8) is 0 Å². The number of aliphatic hydroxyl groups excluding tert-OH is 1. The minimum absolute atomic E-state index is 0.0000503. The number of ketones is 1. The number of amides is 3. The van der Waals surface area contributed by atoms with Gasteiger partial charge in [0.25, 0.3) is 5.91 Å². The van der Waals surface area contributed by atoms with Gasteiger partial charge in [-0.15, -0.1) is 0 Å². The molecule has 1 aromatic heterocycles. The Morgan fingerprint density at radius 2 is 2.05 bits per heavy atom. The van der Waals surface area contributed by atoms with Crippen molar-refractivity contribution in [3.05, 3.63) is 30.0 Å². The summed E-state index contributed by atoms with van der Waals surface area (Å²) in [5.41, 5.74) is 1.14. The summed E-state index contributed by atoms with van der Waals surface area (Å²) < 4.78 is 5.42. The number of methoxy groups -OCH3 is 1. The normalized spacial score (nSPS) is 26.6. The third kappa shape index (κ3) is 4.70. The molecular formula is C27H34N4O6. The summed E-state index contributed by atoms with van der Waals surface area (Å²) in [5.74, 6) is -0.916. The lowest BCUT2D eigenvalue weighted by molar-refractivity contribution is -0.135. The van der Waals surface area contributed by atoms with Crippen molar-refractivity contribution >= 4 is 34.4 Å². The van der Waals surface area contributed by atoms with Gasteiger partial charge < -0.3 is 30.4 Å². The number of fused-ring (bicyclic) bond motifs is 2. The summed E-state index contributed by atoms with van der Waals surface area (Å²) in [4.78, 5) is 57.2. The predicted octanol–water partition coefficient (Wildman–Crippen LogP) is 1.38. The van der Waals surface area contributed by atoms with Gasteiger partial charge in [0, 0.05) is 29.9 Å². The van der Waals surface area contributed by atoms with E-state index < -0.39 is 35.8 Å². The smallest absolute Gasteiger partial charge is 0.271 e. The summed E-state index contributed by atoms with van der Waals surface area (Å²) in [5, 5.41) is 16.3. The first-order chi connectivity index (χ1) is 17.8. The van der Waals surface area contributed by atoms with Gasteiger partial charge in [-0.25, -0.2) is 0 Å². The number of aliphatic hydroxyl groups is 1. The molecule has 0 radical (unpaired) electrons. The number of hydrogen-bond donors (Lipinski definition) is 4. The van der Waals surface area contributed by atoms with Crippen LogP contribution in [-0.4, -0.2) is 76.9 Å². The molecule has 10 nitrogen and oxygen atoms in total. The summed E-state index contributed by atoms with van der Waals surface area (Å²) in [7, 11) is 1.57. The van der Waals surface area contributed by atoms with Crippen LogP contribution in [0, 0.1) is 17.8 Å². The Hall–Kier alpha value is -3.40. The van der Waals surface area contributed by atoms with E-state index in [0.29, 0.717) is 31.0 Å². The van der Waals surface area contributed by atoms with Crippen molar-refractivity contribution in [1.82, 2.24) is 20.5 Å². The van der Waals surface area contributed by atoms with Crippen molar-refractivity contribution in [2.75, 3.05) is 20.2 Å². The number of carbonyl (C=O) groups is 4. The number of carbonyl (C=O) groups excluding carboxylic acids is 4. The van der Waals surface area contributed by atoms with Crippen LogP contribution >= 0.6 is 0 Å². The van der Waals surface area contributed by atoms with Crippen molar-refractivity contribution in [2.24, 2.45) is 17.8 Å². The van der Waals surface area contributed by atoms with Gasteiger partial charge in [-0.1, -0.05) is 12.5 Å². The number of hydrogen-bond acceptors (Lipinski definition) is 6. The highest BCUT2D eigenvalue weighted by Crippen LogP contribution is 2.43. The van der Waals surface area contributed by atoms with Crippen molar-refractivity contribution in [2.45, 2.75) is 57.2 Å². The van der Waals surface area contributed by atoms with Crippen LogP contribution in [0.3, 0.4) is 0 Å². The molecule has 5 rings (SSSR count). The maximum absolute atomic E-state index is 13.7. The van der Waals surface area contributed by atoms with Crippen LogP contribution in [-0.2, 0) is 14.4 Å². The molecule has 2 aromatic rings. The van der Waals surface area contributed by atoms with Gasteiger partial charge >= 0.3 is 0 Å². The van der Waals surface area contributed by atoms with E-state index in [2.05, 4.69) is 15.6 Å². The molecule has 4 N–H and O–H groups in total. The quantitative estimate of drug-likeness (QED) is 0.423. The van der Waals surface area contributed by atoms with Crippen LogP contribution < -0.4 is 15.4 Å². The molecule has 6 unspecified atom stereocenters. The molecule has 1 aliphatic carbocycles. The zero-order valence-electron chi connectivity index (χ0n) is 21.2. The lowest BCUT2D eigenvalue weighted by Gasteiger charge is -2.29. The number of nitrogens with one attached hydrogen (secondary N) is 3. The van der Waals surface area contributed by atoms with Gasteiger partial charge in [0.15, 0.2) is 5.78 Å². The summed E-state index contributed by atoms with van der Waals surface area (Å²) in [6.45, 7) is 2.35. The second-order valence-electron chi connectivity index (χ2n) is 10.5. The van der Waals surface area contributed by atoms with E-state index in [1.807, 2.05) is 18.2 Å². The number of ether oxygens (including phenoxy) is 1. The highest BCUT2D eigenvalue weighted by atomic mass is 16.5. The van der Waals surface area contributed by atoms with E-state index >= 15 is 0 Å². The maximum Gasteiger partial charge on any atom is 0.271 e. The minimum atomic E-state index is -1.28. The molecule has 3 fully saturated rings. The van der Waals surface area contributed by atoms with Gasteiger partial charge in [-0.2, -0.15) is 0 Å². The minimum Gasteiger partial charge on any atom is -0.496 e. The number of likely N-dealkylation sites (tertiary alicyclic amines) is 1. The zero-order chi connectivity index (χ0) is 26.3. The first-order valence-electron chi connectivity index (χ1n) is 13.0. The van der Waals surface area contributed by atoms with Crippen LogP contribution in [0.5, 0.6) is 5.75 Å². The molecule has 1 aromatic carbocycles. The summed E-state index contributed by atoms with van der Waals surface area (Å²) >= 11 is 0. The molecule has 3 amide bonds. The van der Waals surface area contributed by atoms with Crippen molar-refractivity contribution < 1.29 is 29.0 Å². The molecule has 3 heterocycles. The van der Waals surface area contributed by atoms with E-state index in [1.54, 1.807) is 18.1 Å². The van der Waals surface area contributed by atoms with Crippen molar-refractivity contribution in [1.29, 1.82) is 0 Å². The Labute approximate surface area is 215 Å². The Kier molecular flexibility index (Phi) is 6.94. The number of nitrogens with zero attached hydrogens (tertiary/aromatic N) is 1. The lowest BCUT2D eigenvalue weighted by atomic mass is 9.91.